The summed E-state index contributed by atoms with van der Waals surface area (Å²) >= 11 is 0. The van der Waals surface area contributed by atoms with Crippen molar-refractivity contribution in [1.29, 1.82) is 5.26 Å². The maximum absolute atomic E-state index is 9.29. The summed E-state index contributed by atoms with van der Waals surface area (Å²) in [6.45, 7) is 3.01. The molecule has 0 saturated carbocycles. The van der Waals surface area contributed by atoms with Crippen molar-refractivity contribution >= 4 is 6.29 Å². The molecule has 0 unspecified atom stereocenters. The molecule has 3 heteroatoms. The first-order valence-electron chi connectivity index (χ1n) is 1.28. The summed E-state index contributed by atoms with van der Waals surface area (Å²) < 4.78 is 0. The summed E-state index contributed by atoms with van der Waals surface area (Å²) in [5.41, 5.74) is -0.157. The van der Waals surface area contributed by atoms with Crippen molar-refractivity contribution in [1.82, 2.24) is 0 Å². The van der Waals surface area contributed by atoms with Gasteiger partial charge in [-0.3, -0.25) is 5.26 Å². The Labute approximate surface area is 67.1 Å². The zero-order valence-corrected chi connectivity index (χ0v) is 6.48. The molecule has 0 atom stereocenters. The molecule has 1 radical (unpaired) electrons. The topological polar surface area (TPSA) is 40.9 Å². The molecule has 33 valence electrons. The first-order valence-corrected chi connectivity index (χ1v) is 1.28. The van der Waals surface area contributed by atoms with Gasteiger partial charge in [-0.15, -0.1) is 0 Å². The molecule has 0 aliphatic heterocycles. The van der Waals surface area contributed by atoms with Gasteiger partial charge in [0, 0.05) is 32.7 Å². The van der Waals surface area contributed by atoms with Gasteiger partial charge in [0.15, 0.2) is 0 Å². The molecule has 0 bridgehead atoms. The van der Waals surface area contributed by atoms with E-state index in [9.17, 15) is 4.79 Å². The van der Waals surface area contributed by atoms with Crippen molar-refractivity contribution in [3.8, 4) is 6.07 Å². The number of hydrogen-bond donors (Lipinski definition) is 0. The largest absolute Gasteiger partial charge is 0.376 e. The Balaban J connectivity index is 0. The Morgan fingerprint density at radius 1 is 1.86 bits per heavy atom. The first kappa shape index (κ1) is 10.1. The van der Waals surface area contributed by atoms with Gasteiger partial charge < -0.3 is 4.79 Å². The molecule has 0 fully saturated rings. The van der Waals surface area contributed by atoms with Gasteiger partial charge in [0.2, 0.25) is 0 Å². The molecular weight excluding hydrogens is 167 g/mol. The third-order valence-electron chi connectivity index (χ3n) is 0.258. The Bertz CT molecular complexity index is 113. The SMILES string of the molecule is C=C(C#N)[C-]=O.[Y]. The number of allylic oxidation sites excluding steroid dienone is 1. The minimum atomic E-state index is -0.157. The van der Waals surface area contributed by atoms with Gasteiger partial charge in [-0.25, -0.2) is 0 Å². The Kier molecular flexibility index (Phi) is 8.65. The van der Waals surface area contributed by atoms with Crippen molar-refractivity contribution in [2.45, 2.75) is 0 Å². The number of nitriles is 1. The average molecular weight is 169 g/mol. The molecule has 0 N–H and O–H groups in total. The molecule has 0 aliphatic carbocycles. The molecule has 0 rings (SSSR count). The van der Waals surface area contributed by atoms with Crippen LogP contribution in [0.15, 0.2) is 12.2 Å². The zero-order valence-electron chi connectivity index (χ0n) is 3.64. The van der Waals surface area contributed by atoms with Crippen LogP contribution >= 0.6 is 0 Å². The molecular formula is C4H2NOY-. The molecule has 0 spiro atoms. The van der Waals surface area contributed by atoms with Crippen molar-refractivity contribution < 1.29 is 37.5 Å². The molecule has 0 saturated heterocycles. The minimum Gasteiger partial charge on any atom is -0.376 e. The van der Waals surface area contributed by atoms with E-state index in [-0.39, 0.29) is 38.3 Å². The smallest absolute Gasteiger partial charge is 0.0714 e. The van der Waals surface area contributed by atoms with E-state index in [1.807, 2.05) is 0 Å². The van der Waals surface area contributed by atoms with Gasteiger partial charge in [0.25, 0.3) is 0 Å². The van der Waals surface area contributed by atoms with Crippen molar-refractivity contribution in [2.75, 3.05) is 0 Å². The first-order chi connectivity index (χ1) is 2.81. The standard InChI is InChI=1S/C4H2NO.Y/c1-4(2-5)3-6;/h1H2;/q-1;. The van der Waals surface area contributed by atoms with E-state index >= 15 is 0 Å². The van der Waals surface area contributed by atoms with Crippen molar-refractivity contribution in [3.63, 3.8) is 0 Å². The fraction of sp³-hybridized carbons (Fsp3) is 0. The summed E-state index contributed by atoms with van der Waals surface area (Å²) in [5.74, 6) is 0. The average Bonchev–Trinajstić information content (AvgIpc) is 1.65. The van der Waals surface area contributed by atoms with E-state index in [0.29, 0.717) is 0 Å². The summed E-state index contributed by atoms with van der Waals surface area (Å²) in [6.07, 6.45) is 1.31. The van der Waals surface area contributed by atoms with Gasteiger partial charge in [-0.1, -0.05) is 11.6 Å². The fourth-order valence-electron chi connectivity index (χ4n) is 0.0228. The summed E-state index contributed by atoms with van der Waals surface area (Å²) in [6, 6.07) is 1.50. The van der Waals surface area contributed by atoms with Crippen LogP contribution in [0.4, 0.5) is 0 Å². The van der Waals surface area contributed by atoms with Crippen LogP contribution in [0.3, 0.4) is 0 Å². The Hall–Kier alpha value is 0.00390. The molecule has 0 amide bonds. The molecule has 0 aliphatic rings. The molecule has 7 heavy (non-hydrogen) atoms. The second-order valence-electron chi connectivity index (χ2n) is 0.692. The predicted molar refractivity (Wildman–Crippen MR) is 20.4 cm³/mol. The van der Waals surface area contributed by atoms with Crippen LogP contribution in [0.2, 0.25) is 0 Å². The van der Waals surface area contributed by atoms with Crippen molar-refractivity contribution in [3.05, 3.63) is 12.2 Å². The molecule has 2 nitrogen and oxygen atoms in total. The molecule has 0 aromatic heterocycles. The van der Waals surface area contributed by atoms with E-state index in [0.717, 1.165) is 0 Å². The Morgan fingerprint density at radius 3 is 2.29 bits per heavy atom. The van der Waals surface area contributed by atoms with Crippen LogP contribution in [0, 0.1) is 11.3 Å². The monoisotopic (exact) mass is 169 g/mol. The minimum absolute atomic E-state index is 0. The summed E-state index contributed by atoms with van der Waals surface area (Å²) in [4.78, 5) is 9.29. The molecule has 0 heterocycles. The molecule has 0 aromatic rings. The van der Waals surface area contributed by atoms with E-state index in [1.54, 1.807) is 0 Å². The maximum atomic E-state index is 9.29. The quantitative estimate of drug-likeness (QED) is 0.319. The van der Waals surface area contributed by atoms with Gasteiger partial charge >= 0.3 is 0 Å². The van der Waals surface area contributed by atoms with Gasteiger partial charge in [0.1, 0.15) is 0 Å². The van der Waals surface area contributed by atoms with Crippen LogP contribution in [0.1, 0.15) is 0 Å². The second-order valence-corrected chi connectivity index (χ2v) is 0.692. The van der Waals surface area contributed by atoms with E-state index in [1.165, 1.54) is 12.4 Å². The van der Waals surface area contributed by atoms with E-state index < -0.39 is 0 Å². The van der Waals surface area contributed by atoms with Gasteiger partial charge in [0.05, 0.1) is 6.29 Å². The van der Waals surface area contributed by atoms with E-state index in [2.05, 4.69) is 6.58 Å². The van der Waals surface area contributed by atoms with Gasteiger partial charge in [-0.05, 0) is 0 Å². The summed E-state index contributed by atoms with van der Waals surface area (Å²) in [5, 5.41) is 7.72. The van der Waals surface area contributed by atoms with Crippen LogP contribution in [0.5, 0.6) is 0 Å². The molecule has 0 aromatic carbocycles. The second kappa shape index (κ2) is 6.00. The normalized spacial score (nSPS) is 5.00. The Morgan fingerprint density at radius 2 is 2.29 bits per heavy atom. The van der Waals surface area contributed by atoms with Crippen molar-refractivity contribution in [2.24, 2.45) is 0 Å². The van der Waals surface area contributed by atoms with Crippen LogP contribution in [-0.2, 0) is 37.5 Å². The number of hydrogen-bond acceptors (Lipinski definition) is 2. The van der Waals surface area contributed by atoms with Gasteiger partial charge in [-0.2, -0.15) is 6.58 Å². The van der Waals surface area contributed by atoms with E-state index in [4.69, 9.17) is 5.26 Å². The summed E-state index contributed by atoms with van der Waals surface area (Å²) in [7, 11) is 0. The third-order valence-corrected chi connectivity index (χ3v) is 0.258. The number of carbonyl (C=O) groups excluding carboxylic acids is 1. The maximum Gasteiger partial charge on any atom is 0.0714 e. The number of nitrogens with zero attached hydrogens (tertiary/aromatic N) is 1. The predicted octanol–water partition coefficient (Wildman–Crippen LogP) is 0.173. The van der Waals surface area contributed by atoms with Crippen LogP contribution in [-0.4, -0.2) is 6.29 Å². The third kappa shape index (κ3) is 6.00. The number of rotatable bonds is 1. The van der Waals surface area contributed by atoms with Crippen LogP contribution < -0.4 is 0 Å². The van der Waals surface area contributed by atoms with Crippen LogP contribution in [0.25, 0.3) is 0 Å². The fourth-order valence-corrected chi connectivity index (χ4v) is 0.0228. The zero-order chi connectivity index (χ0) is 4.99.